The van der Waals surface area contributed by atoms with Crippen LogP contribution < -0.4 is 0 Å². The van der Waals surface area contributed by atoms with Crippen molar-refractivity contribution in [2.75, 3.05) is 13.2 Å². The number of aryl methyl sites for hydroxylation is 2. The molecule has 0 aliphatic heterocycles. The van der Waals surface area contributed by atoms with Crippen LogP contribution in [0.5, 0.6) is 0 Å². The molecule has 0 aliphatic rings. The van der Waals surface area contributed by atoms with Crippen molar-refractivity contribution in [3.05, 3.63) is 51.0 Å². The number of rotatable bonds is 7. The summed E-state index contributed by atoms with van der Waals surface area (Å²) in [5, 5.41) is 1.89. The predicted molar refractivity (Wildman–Crippen MR) is 94.9 cm³/mol. The van der Waals surface area contributed by atoms with Crippen LogP contribution in [0.3, 0.4) is 0 Å². The number of carbonyl (C=O) groups excluding carboxylic acids is 3. The Labute approximate surface area is 149 Å². The van der Waals surface area contributed by atoms with E-state index in [9.17, 15) is 14.4 Å². The summed E-state index contributed by atoms with van der Waals surface area (Å²) in [4.78, 5) is 40.1. The second-order valence-electron chi connectivity index (χ2n) is 5.23. The summed E-state index contributed by atoms with van der Waals surface area (Å²) in [6.45, 7) is 4.82. The van der Waals surface area contributed by atoms with Crippen molar-refractivity contribution in [1.29, 1.82) is 0 Å². The molecule has 0 amide bonds. The van der Waals surface area contributed by atoms with Crippen LogP contribution in [0.1, 0.15) is 43.9 Å². The van der Waals surface area contributed by atoms with Crippen LogP contribution in [0.4, 0.5) is 0 Å². The Hall–Kier alpha value is -2.67. The van der Waals surface area contributed by atoms with Gasteiger partial charge in [-0.2, -0.15) is 0 Å². The summed E-state index contributed by atoms with van der Waals surface area (Å²) in [6, 6.07) is 3.73. The molecule has 0 radical (unpaired) electrons. The molecule has 0 unspecified atom stereocenters. The van der Waals surface area contributed by atoms with E-state index in [-0.39, 0.29) is 17.7 Å². The zero-order chi connectivity index (χ0) is 18.4. The Morgan fingerprint density at radius 3 is 2.52 bits per heavy atom. The van der Waals surface area contributed by atoms with Gasteiger partial charge in [-0.15, -0.1) is 11.3 Å². The lowest BCUT2D eigenvalue weighted by Gasteiger charge is -2.06. The summed E-state index contributed by atoms with van der Waals surface area (Å²) in [7, 11) is 0. The first-order chi connectivity index (χ1) is 11.9. The van der Waals surface area contributed by atoms with Gasteiger partial charge in [0.05, 0.1) is 17.7 Å². The number of nitrogens with one attached hydrogen (secondary N) is 1. The van der Waals surface area contributed by atoms with E-state index >= 15 is 0 Å². The minimum absolute atomic E-state index is 0.189. The largest absolute Gasteiger partial charge is 0.462 e. The van der Waals surface area contributed by atoms with Crippen molar-refractivity contribution in [3.63, 3.8) is 0 Å². The van der Waals surface area contributed by atoms with Gasteiger partial charge in [-0.25, -0.2) is 9.59 Å². The Bertz CT molecular complexity index is 802. The Balaban J connectivity index is 2.06. The van der Waals surface area contributed by atoms with E-state index in [0.29, 0.717) is 11.4 Å². The van der Waals surface area contributed by atoms with Crippen molar-refractivity contribution in [2.45, 2.75) is 20.8 Å². The molecule has 0 saturated carbocycles. The van der Waals surface area contributed by atoms with Crippen LogP contribution in [0.25, 0.3) is 6.08 Å². The fraction of sp³-hybridized carbons (Fsp3) is 0.278. The number of Topliss-reactive ketones (excluding diaryl/α,β-unsaturated/α-hetero) is 1. The van der Waals surface area contributed by atoms with E-state index < -0.39 is 24.3 Å². The molecule has 0 bridgehead atoms. The van der Waals surface area contributed by atoms with Crippen molar-refractivity contribution in [3.8, 4) is 0 Å². The van der Waals surface area contributed by atoms with Gasteiger partial charge in [-0.1, -0.05) is 6.07 Å². The van der Waals surface area contributed by atoms with E-state index in [1.54, 1.807) is 26.8 Å². The van der Waals surface area contributed by atoms with Crippen LogP contribution in [0.15, 0.2) is 23.6 Å². The summed E-state index contributed by atoms with van der Waals surface area (Å²) < 4.78 is 9.97. The maximum absolute atomic E-state index is 12.4. The van der Waals surface area contributed by atoms with Gasteiger partial charge in [-0.3, -0.25) is 4.79 Å². The lowest BCUT2D eigenvalue weighted by atomic mass is 10.1. The zero-order valence-corrected chi connectivity index (χ0v) is 15.1. The SMILES string of the molecule is CCOC(=O)c1c(C)[nH]c(C)c1C(=O)COC(=O)/C=C/c1cccs1. The molecule has 6 nitrogen and oxygen atoms in total. The van der Waals surface area contributed by atoms with Gasteiger partial charge in [0.25, 0.3) is 0 Å². The third-order valence-electron chi connectivity index (χ3n) is 3.41. The molecule has 0 atom stereocenters. The van der Waals surface area contributed by atoms with E-state index in [1.165, 1.54) is 17.4 Å². The predicted octanol–water partition coefficient (Wildman–Crippen LogP) is 3.31. The molecular weight excluding hydrogens is 342 g/mol. The molecule has 0 spiro atoms. The average Bonchev–Trinajstić information content (AvgIpc) is 3.18. The van der Waals surface area contributed by atoms with Crippen LogP contribution in [-0.2, 0) is 14.3 Å². The first kappa shape index (κ1) is 18.7. The fourth-order valence-electron chi connectivity index (χ4n) is 2.38. The summed E-state index contributed by atoms with van der Waals surface area (Å²) in [6.07, 6.45) is 2.88. The van der Waals surface area contributed by atoms with Crippen molar-refractivity contribution < 1.29 is 23.9 Å². The number of ketones is 1. The minimum Gasteiger partial charge on any atom is -0.462 e. The minimum atomic E-state index is -0.621. The van der Waals surface area contributed by atoms with Crippen LogP contribution >= 0.6 is 11.3 Å². The Morgan fingerprint density at radius 1 is 1.16 bits per heavy atom. The molecule has 2 rings (SSSR count). The lowest BCUT2D eigenvalue weighted by Crippen LogP contribution is -2.17. The number of ether oxygens (including phenoxy) is 2. The molecule has 7 heteroatoms. The highest BCUT2D eigenvalue weighted by Crippen LogP contribution is 2.20. The molecule has 0 aliphatic carbocycles. The van der Waals surface area contributed by atoms with E-state index in [0.717, 1.165) is 4.88 Å². The van der Waals surface area contributed by atoms with Gasteiger partial charge in [0.1, 0.15) is 0 Å². The molecule has 2 heterocycles. The summed E-state index contributed by atoms with van der Waals surface area (Å²) in [5.41, 5.74) is 1.47. The van der Waals surface area contributed by atoms with Gasteiger partial charge in [0.2, 0.25) is 5.78 Å². The second-order valence-corrected chi connectivity index (χ2v) is 6.20. The second kappa shape index (κ2) is 8.43. The van der Waals surface area contributed by atoms with Crippen LogP contribution in [0, 0.1) is 13.8 Å². The molecule has 132 valence electrons. The van der Waals surface area contributed by atoms with Crippen molar-refractivity contribution in [2.24, 2.45) is 0 Å². The fourth-order valence-corrected chi connectivity index (χ4v) is 3.00. The highest BCUT2D eigenvalue weighted by atomic mass is 32.1. The normalized spacial score (nSPS) is 10.8. The van der Waals surface area contributed by atoms with Gasteiger partial charge in [-0.05, 0) is 38.3 Å². The number of hydrogen-bond donors (Lipinski definition) is 1. The molecule has 25 heavy (non-hydrogen) atoms. The van der Waals surface area contributed by atoms with Crippen LogP contribution in [-0.4, -0.2) is 35.9 Å². The quantitative estimate of drug-likeness (QED) is 0.464. The average molecular weight is 361 g/mol. The summed E-state index contributed by atoms with van der Waals surface area (Å²) in [5.74, 6) is -1.65. The summed E-state index contributed by atoms with van der Waals surface area (Å²) >= 11 is 1.48. The molecule has 0 aromatic carbocycles. The lowest BCUT2D eigenvalue weighted by molar-refractivity contribution is -0.136. The third kappa shape index (κ3) is 4.67. The first-order valence-corrected chi connectivity index (χ1v) is 8.59. The van der Waals surface area contributed by atoms with Crippen molar-refractivity contribution in [1.82, 2.24) is 4.98 Å². The highest BCUT2D eigenvalue weighted by molar-refractivity contribution is 7.10. The van der Waals surface area contributed by atoms with Crippen molar-refractivity contribution >= 4 is 35.1 Å². The Morgan fingerprint density at radius 2 is 1.88 bits per heavy atom. The maximum Gasteiger partial charge on any atom is 0.340 e. The van der Waals surface area contributed by atoms with E-state index in [4.69, 9.17) is 9.47 Å². The van der Waals surface area contributed by atoms with E-state index in [2.05, 4.69) is 4.98 Å². The molecular formula is C18H19NO5S. The third-order valence-corrected chi connectivity index (χ3v) is 4.24. The number of esters is 2. The number of H-pyrrole nitrogens is 1. The van der Waals surface area contributed by atoms with Gasteiger partial charge in [0, 0.05) is 22.3 Å². The molecule has 2 aromatic rings. The van der Waals surface area contributed by atoms with Gasteiger partial charge in [0.15, 0.2) is 6.61 Å². The smallest absolute Gasteiger partial charge is 0.340 e. The van der Waals surface area contributed by atoms with Gasteiger partial charge < -0.3 is 14.5 Å². The number of thiophene rings is 1. The van der Waals surface area contributed by atoms with Gasteiger partial charge >= 0.3 is 11.9 Å². The Kier molecular flexibility index (Phi) is 6.30. The molecule has 2 aromatic heterocycles. The van der Waals surface area contributed by atoms with E-state index in [1.807, 2.05) is 17.5 Å². The maximum atomic E-state index is 12.4. The first-order valence-electron chi connectivity index (χ1n) is 7.71. The van der Waals surface area contributed by atoms with Crippen LogP contribution in [0.2, 0.25) is 0 Å². The number of aromatic nitrogens is 1. The molecule has 1 N–H and O–H groups in total. The highest BCUT2D eigenvalue weighted by Gasteiger charge is 2.25. The monoisotopic (exact) mass is 361 g/mol. The zero-order valence-electron chi connectivity index (χ0n) is 14.3. The number of carbonyl (C=O) groups is 3. The topological polar surface area (TPSA) is 85.5 Å². The molecule has 0 saturated heterocycles. The standard InChI is InChI=1S/C18H19NO5S/c1-4-23-18(22)17-12(3)19-11(2)16(17)14(20)10-24-15(21)8-7-13-6-5-9-25-13/h5-9,19H,4,10H2,1-3H3/b8-7+. The number of hydrogen-bond acceptors (Lipinski definition) is 6. The number of aromatic amines is 1. The molecule has 0 fully saturated rings.